The number of hydrogen-bond acceptors (Lipinski definition) is 2. The summed E-state index contributed by atoms with van der Waals surface area (Å²) < 4.78 is 5.67. The molecule has 0 heterocycles. The van der Waals surface area contributed by atoms with Crippen molar-refractivity contribution in [2.24, 2.45) is 0 Å². The summed E-state index contributed by atoms with van der Waals surface area (Å²) in [6.45, 7) is 12.3. The number of benzene rings is 2. The van der Waals surface area contributed by atoms with E-state index in [9.17, 15) is 0 Å². The van der Waals surface area contributed by atoms with Gasteiger partial charge in [-0.1, -0.05) is 57.2 Å². The van der Waals surface area contributed by atoms with Gasteiger partial charge in [-0.3, -0.25) is 0 Å². The van der Waals surface area contributed by atoms with Crippen LogP contribution >= 0.6 is 0 Å². The van der Waals surface area contributed by atoms with Crippen molar-refractivity contribution in [1.82, 2.24) is 0 Å². The first-order chi connectivity index (χ1) is 11.8. The van der Waals surface area contributed by atoms with Crippen molar-refractivity contribution in [2.45, 2.75) is 58.9 Å². The van der Waals surface area contributed by atoms with Crippen LogP contribution in [0.3, 0.4) is 0 Å². The molecule has 0 N–H and O–H groups in total. The number of rotatable bonds is 7. The van der Waals surface area contributed by atoms with Crippen LogP contribution in [0.15, 0.2) is 48.5 Å². The zero-order valence-electron chi connectivity index (χ0n) is 16.7. The Morgan fingerprint density at radius 3 is 2.24 bits per heavy atom. The van der Waals surface area contributed by atoms with E-state index in [4.69, 9.17) is 4.74 Å². The molecular formula is C23H33NO. The molecule has 0 unspecified atom stereocenters. The van der Waals surface area contributed by atoms with Gasteiger partial charge in [0.1, 0.15) is 5.75 Å². The number of aryl methyl sites for hydroxylation is 1. The summed E-state index contributed by atoms with van der Waals surface area (Å²) in [4.78, 5) is 2.47. The number of nitrogens with zero attached hydrogens (tertiary/aromatic N) is 1. The van der Waals surface area contributed by atoms with E-state index in [0.717, 1.165) is 25.1 Å². The first-order valence-corrected chi connectivity index (χ1v) is 9.32. The minimum atomic E-state index is 0.133. The smallest absolute Gasteiger partial charge is 0.142 e. The Kier molecular flexibility index (Phi) is 6.52. The van der Waals surface area contributed by atoms with Gasteiger partial charge in [0.2, 0.25) is 0 Å². The van der Waals surface area contributed by atoms with Crippen molar-refractivity contribution in [3.05, 3.63) is 59.7 Å². The Balaban J connectivity index is 2.20. The molecule has 0 radical (unpaired) electrons. The molecule has 0 saturated carbocycles. The lowest BCUT2D eigenvalue weighted by molar-refractivity contribution is 0.412. The molecule has 0 spiro atoms. The van der Waals surface area contributed by atoms with Crippen molar-refractivity contribution >= 4 is 5.69 Å². The predicted molar refractivity (Wildman–Crippen MR) is 109 cm³/mol. The van der Waals surface area contributed by atoms with Gasteiger partial charge in [-0.15, -0.1) is 0 Å². The third-order valence-corrected chi connectivity index (χ3v) is 4.68. The van der Waals surface area contributed by atoms with Gasteiger partial charge in [0, 0.05) is 12.6 Å². The summed E-state index contributed by atoms with van der Waals surface area (Å²) in [6.07, 6.45) is 2.23. The normalized spacial score (nSPS) is 11.6. The van der Waals surface area contributed by atoms with Gasteiger partial charge >= 0.3 is 0 Å². The van der Waals surface area contributed by atoms with E-state index >= 15 is 0 Å². The van der Waals surface area contributed by atoms with Crippen LogP contribution in [0.2, 0.25) is 0 Å². The second-order valence-electron chi connectivity index (χ2n) is 8.01. The minimum absolute atomic E-state index is 0.133. The fourth-order valence-electron chi connectivity index (χ4n) is 3.14. The molecular weight excluding hydrogens is 306 g/mol. The summed E-state index contributed by atoms with van der Waals surface area (Å²) in [5.41, 5.74) is 4.09. The van der Waals surface area contributed by atoms with E-state index in [1.165, 1.54) is 16.8 Å². The Hall–Kier alpha value is -1.96. The average molecular weight is 340 g/mol. The standard InChI is InChI=1S/C23H33NO/c1-18(2)24(16-10-13-19-11-8-7-9-12-19)21-17-20(23(3,4)5)14-15-22(21)25-6/h7-9,11-12,14-15,17-18H,10,13,16H2,1-6H3. The van der Waals surface area contributed by atoms with Gasteiger partial charge in [0.05, 0.1) is 12.8 Å². The average Bonchev–Trinajstić information content (AvgIpc) is 2.58. The van der Waals surface area contributed by atoms with E-state index in [2.05, 4.69) is 88.0 Å². The molecule has 25 heavy (non-hydrogen) atoms. The highest BCUT2D eigenvalue weighted by atomic mass is 16.5. The Labute approximate surface area is 153 Å². The van der Waals surface area contributed by atoms with Gasteiger partial charge in [-0.25, -0.2) is 0 Å². The largest absolute Gasteiger partial charge is 0.495 e. The highest BCUT2D eigenvalue weighted by Crippen LogP contribution is 2.35. The summed E-state index contributed by atoms with van der Waals surface area (Å²) in [5, 5.41) is 0. The van der Waals surface area contributed by atoms with Crippen LogP contribution in [0.25, 0.3) is 0 Å². The summed E-state index contributed by atoms with van der Waals surface area (Å²) in [6, 6.07) is 17.8. The molecule has 2 rings (SSSR count). The number of methoxy groups -OCH3 is 1. The molecule has 0 aliphatic carbocycles. The lowest BCUT2D eigenvalue weighted by Crippen LogP contribution is -2.32. The first-order valence-electron chi connectivity index (χ1n) is 9.32. The maximum atomic E-state index is 5.67. The minimum Gasteiger partial charge on any atom is -0.495 e. The SMILES string of the molecule is COc1ccc(C(C)(C)C)cc1N(CCCc1ccccc1)C(C)C. The van der Waals surface area contributed by atoms with Crippen molar-refractivity contribution in [3.8, 4) is 5.75 Å². The molecule has 2 aromatic carbocycles. The molecule has 0 aliphatic rings. The highest BCUT2D eigenvalue weighted by Gasteiger charge is 2.20. The quantitative estimate of drug-likeness (QED) is 0.628. The maximum Gasteiger partial charge on any atom is 0.142 e. The van der Waals surface area contributed by atoms with E-state index in [0.29, 0.717) is 6.04 Å². The van der Waals surface area contributed by atoms with Crippen molar-refractivity contribution in [3.63, 3.8) is 0 Å². The van der Waals surface area contributed by atoms with Gasteiger partial charge in [0.25, 0.3) is 0 Å². The summed E-state index contributed by atoms with van der Waals surface area (Å²) in [5.74, 6) is 0.960. The molecule has 0 bridgehead atoms. The van der Waals surface area contributed by atoms with Crippen LogP contribution in [0, 0.1) is 0 Å². The van der Waals surface area contributed by atoms with Crippen LogP contribution in [-0.4, -0.2) is 19.7 Å². The molecule has 136 valence electrons. The van der Waals surface area contributed by atoms with Crippen LogP contribution in [0.5, 0.6) is 5.75 Å². The van der Waals surface area contributed by atoms with E-state index < -0.39 is 0 Å². The predicted octanol–water partition coefficient (Wildman–Crippen LogP) is 5.84. The van der Waals surface area contributed by atoms with Crippen LogP contribution in [0.4, 0.5) is 5.69 Å². The molecule has 0 aromatic heterocycles. The van der Waals surface area contributed by atoms with Crippen LogP contribution < -0.4 is 9.64 Å². The molecule has 0 atom stereocenters. The van der Waals surface area contributed by atoms with Crippen molar-refractivity contribution in [2.75, 3.05) is 18.6 Å². The van der Waals surface area contributed by atoms with Crippen LogP contribution in [-0.2, 0) is 11.8 Å². The van der Waals surface area contributed by atoms with Crippen molar-refractivity contribution < 1.29 is 4.74 Å². The second-order valence-corrected chi connectivity index (χ2v) is 8.01. The zero-order chi connectivity index (χ0) is 18.4. The highest BCUT2D eigenvalue weighted by molar-refractivity contribution is 5.61. The van der Waals surface area contributed by atoms with Gasteiger partial charge in [-0.2, -0.15) is 0 Å². The maximum absolute atomic E-state index is 5.67. The molecule has 0 amide bonds. The topological polar surface area (TPSA) is 12.5 Å². The van der Waals surface area contributed by atoms with E-state index in [1.807, 2.05) is 0 Å². The Morgan fingerprint density at radius 2 is 1.68 bits per heavy atom. The zero-order valence-corrected chi connectivity index (χ0v) is 16.7. The lowest BCUT2D eigenvalue weighted by Gasteiger charge is -2.32. The third kappa shape index (κ3) is 5.26. The molecule has 2 aromatic rings. The molecule has 0 aliphatic heterocycles. The van der Waals surface area contributed by atoms with Gasteiger partial charge < -0.3 is 9.64 Å². The number of hydrogen-bond donors (Lipinski definition) is 0. The molecule has 2 heteroatoms. The van der Waals surface area contributed by atoms with Crippen LogP contribution in [0.1, 0.15) is 52.2 Å². The Bertz CT molecular complexity index is 656. The molecule has 0 fully saturated rings. The summed E-state index contributed by atoms with van der Waals surface area (Å²) >= 11 is 0. The lowest BCUT2D eigenvalue weighted by atomic mass is 9.86. The third-order valence-electron chi connectivity index (χ3n) is 4.68. The monoisotopic (exact) mass is 339 g/mol. The number of anilines is 1. The fourth-order valence-corrected chi connectivity index (χ4v) is 3.14. The van der Waals surface area contributed by atoms with Crippen molar-refractivity contribution in [1.29, 1.82) is 0 Å². The van der Waals surface area contributed by atoms with Gasteiger partial charge in [0.15, 0.2) is 0 Å². The summed E-state index contributed by atoms with van der Waals surface area (Å²) in [7, 11) is 1.76. The Morgan fingerprint density at radius 1 is 1.00 bits per heavy atom. The van der Waals surface area contributed by atoms with E-state index in [1.54, 1.807) is 7.11 Å². The number of ether oxygens (including phenoxy) is 1. The molecule has 2 nitrogen and oxygen atoms in total. The molecule has 0 saturated heterocycles. The first kappa shape index (κ1) is 19.4. The van der Waals surface area contributed by atoms with E-state index in [-0.39, 0.29) is 5.41 Å². The second kappa shape index (κ2) is 8.42. The fraction of sp³-hybridized carbons (Fsp3) is 0.478. The van der Waals surface area contributed by atoms with Gasteiger partial charge in [-0.05, 0) is 55.4 Å².